The number of carbonyl (C=O) groups excluding carboxylic acids is 1. The van der Waals surface area contributed by atoms with Gasteiger partial charge in [-0.25, -0.2) is 0 Å². The van der Waals surface area contributed by atoms with Gasteiger partial charge >= 0.3 is 0 Å². The fraction of sp³-hybridized carbons (Fsp3) is 0.235. The minimum Gasteiger partial charge on any atom is -0.353 e. The zero-order valence-corrected chi connectivity index (χ0v) is 12.4. The molecule has 1 N–H and O–H groups in total. The molecule has 0 radical (unpaired) electrons. The van der Waals surface area contributed by atoms with Gasteiger partial charge in [-0.1, -0.05) is 42.5 Å². The van der Waals surface area contributed by atoms with Crippen molar-refractivity contribution >= 4 is 11.6 Å². The zero-order chi connectivity index (χ0) is 15.9. The van der Waals surface area contributed by atoms with Crippen LogP contribution in [0.3, 0.4) is 0 Å². The number of rotatable bonds is 6. The first-order valence-electron chi connectivity index (χ1n) is 7.11. The Morgan fingerprint density at radius 3 is 2.32 bits per heavy atom. The van der Waals surface area contributed by atoms with Gasteiger partial charge in [0.15, 0.2) is 0 Å². The Bertz CT molecular complexity index is 639. The summed E-state index contributed by atoms with van der Waals surface area (Å²) in [6.45, 7) is 1.96. The molecule has 0 fully saturated rings. The third-order valence-electron chi connectivity index (χ3n) is 3.30. The van der Waals surface area contributed by atoms with Crippen molar-refractivity contribution in [3.05, 3.63) is 75.8 Å². The maximum atomic E-state index is 12.0. The summed E-state index contributed by atoms with van der Waals surface area (Å²) in [5.74, 6) is -0.0858. The van der Waals surface area contributed by atoms with Gasteiger partial charge < -0.3 is 5.32 Å². The summed E-state index contributed by atoms with van der Waals surface area (Å²) in [7, 11) is 0. The van der Waals surface area contributed by atoms with E-state index in [4.69, 9.17) is 0 Å². The van der Waals surface area contributed by atoms with E-state index in [1.54, 1.807) is 12.1 Å². The van der Waals surface area contributed by atoms with Crippen molar-refractivity contribution < 1.29 is 9.72 Å². The minimum atomic E-state index is -0.453. The molecule has 1 atom stereocenters. The van der Waals surface area contributed by atoms with E-state index in [1.807, 2.05) is 37.3 Å². The molecule has 0 aromatic heterocycles. The number of nitro benzene ring substituents is 1. The second kappa shape index (κ2) is 7.36. The zero-order valence-electron chi connectivity index (χ0n) is 12.4. The van der Waals surface area contributed by atoms with Crippen LogP contribution in [-0.4, -0.2) is 16.9 Å². The Morgan fingerprint density at radius 2 is 1.73 bits per heavy atom. The molecule has 2 aromatic rings. The Labute approximate surface area is 129 Å². The molecule has 0 spiro atoms. The van der Waals surface area contributed by atoms with Crippen LogP contribution in [0.1, 0.15) is 18.1 Å². The highest BCUT2D eigenvalue weighted by Crippen LogP contribution is 2.12. The van der Waals surface area contributed by atoms with E-state index < -0.39 is 4.92 Å². The van der Waals surface area contributed by atoms with Gasteiger partial charge in [-0.05, 0) is 24.5 Å². The number of nitrogens with zero attached hydrogens (tertiary/aromatic N) is 1. The van der Waals surface area contributed by atoms with Gasteiger partial charge in [-0.15, -0.1) is 0 Å². The second-order valence-electron chi connectivity index (χ2n) is 5.26. The maximum Gasteiger partial charge on any atom is 0.269 e. The SMILES string of the molecule is C[C@H](Cc1ccccc1)NC(=O)Cc1ccc([N+](=O)[O-])cc1. The van der Waals surface area contributed by atoms with E-state index in [0.717, 1.165) is 12.0 Å². The highest BCUT2D eigenvalue weighted by atomic mass is 16.6. The van der Waals surface area contributed by atoms with Crippen molar-refractivity contribution in [2.45, 2.75) is 25.8 Å². The molecule has 0 bridgehead atoms. The summed E-state index contributed by atoms with van der Waals surface area (Å²) in [4.78, 5) is 22.1. The highest BCUT2D eigenvalue weighted by Gasteiger charge is 2.10. The molecule has 5 heteroatoms. The molecule has 22 heavy (non-hydrogen) atoms. The molecular formula is C17H18N2O3. The van der Waals surface area contributed by atoms with E-state index in [-0.39, 0.29) is 24.1 Å². The lowest BCUT2D eigenvalue weighted by molar-refractivity contribution is -0.384. The van der Waals surface area contributed by atoms with Crippen LogP contribution < -0.4 is 5.32 Å². The molecule has 0 unspecified atom stereocenters. The average molecular weight is 298 g/mol. The lowest BCUT2D eigenvalue weighted by atomic mass is 10.1. The van der Waals surface area contributed by atoms with Gasteiger partial charge in [0.05, 0.1) is 11.3 Å². The number of benzene rings is 2. The van der Waals surface area contributed by atoms with Crippen molar-refractivity contribution in [2.24, 2.45) is 0 Å². The predicted octanol–water partition coefficient (Wildman–Crippen LogP) is 2.88. The normalized spacial score (nSPS) is 11.7. The molecule has 114 valence electrons. The number of non-ortho nitro benzene ring substituents is 1. The predicted molar refractivity (Wildman–Crippen MR) is 84.6 cm³/mol. The molecule has 0 heterocycles. The Kier molecular flexibility index (Phi) is 5.25. The van der Waals surface area contributed by atoms with Crippen molar-refractivity contribution in [3.8, 4) is 0 Å². The molecule has 1 amide bonds. The van der Waals surface area contributed by atoms with Crippen molar-refractivity contribution in [3.63, 3.8) is 0 Å². The van der Waals surface area contributed by atoms with E-state index in [0.29, 0.717) is 0 Å². The summed E-state index contributed by atoms with van der Waals surface area (Å²) in [6.07, 6.45) is 0.990. The molecule has 2 rings (SSSR count). The quantitative estimate of drug-likeness (QED) is 0.658. The van der Waals surface area contributed by atoms with Gasteiger partial charge in [0, 0.05) is 18.2 Å². The molecule has 2 aromatic carbocycles. The lowest BCUT2D eigenvalue weighted by Crippen LogP contribution is -2.35. The van der Waals surface area contributed by atoms with Crippen LogP contribution in [0, 0.1) is 10.1 Å². The standard InChI is InChI=1S/C17H18N2O3/c1-13(11-14-5-3-2-4-6-14)18-17(20)12-15-7-9-16(10-8-15)19(21)22/h2-10,13H,11-12H2,1H3,(H,18,20)/t13-/m1/s1. The summed E-state index contributed by atoms with van der Waals surface area (Å²) in [6, 6.07) is 16.0. The van der Waals surface area contributed by atoms with E-state index in [9.17, 15) is 14.9 Å². The molecule has 0 saturated carbocycles. The van der Waals surface area contributed by atoms with Crippen LogP contribution in [0.4, 0.5) is 5.69 Å². The first-order chi connectivity index (χ1) is 10.5. The van der Waals surface area contributed by atoms with Crippen molar-refractivity contribution in [2.75, 3.05) is 0 Å². The summed E-state index contributed by atoms with van der Waals surface area (Å²) >= 11 is 0. The fourth-order valence-electron chi connectivity index (χ4n) is 2.27. The van der Waals surface area contributed by atoms with Gasteiger partial charge in [-0.2, -0.15) is 0 Å². The number of amides is 1. The number of hydrogen-bond acceptors (Lipinski definition) is 3. The van der Waals surface area contributed by atoms with Crippen LogP contribution in [0.2, 0.25) is 0 Å². The molecule has 0 aliphatic heterocycles. The number of carbonyl (C=O) groups is 1. The van der Waals surface area contributed by atoms with Crippen LogP contribution in [0.25, 0.3) is 0 Å². The van der Waals surface area contributed by atoms with Gasteiger partial charge in [0.25, 0.3) is 5.69 Å². The van der Waals surface area contributed by atoms with E-state index in [2.05, 4.69) is 5.32 Å². The Morgan fingerprint density at radius 1 is 1.09 bits per heavy atom. The van der Waals surface area contributed by atoms with E-state index >= 15 is 0 Å². The monoisotopic (exact) mass is 298 g/mol. The van der Waals surface area contributed by atoms with Crippen LogP contribution in [0.15, 0.2) is 54.6 Å². The highest BCUT2D eigenvalue weighted by molar-refractivity contribution is 5.78. The number of nitro groups is 1. The Hall–Kier alpha value is -2.69. The van der Waals surface area contributed by atoms with Gasteiger partial charge in [0.2, 0.25) is 5.91 Å². The summed E-state index contributed by atoms with van der Waals surface area (Å²) < 4.78 is 0. The first-order valence-corrected chi connectivity index (χ1v) is 7.11. The second-order valence-corrected chi connectivity index (χ2v) is 5.26. The van der Waals surface area contributed by atoms with Crippen LogP contribution >= 0.6 is 0 Å². The minimum absolute atomic E-state index is 0.0293. The third-order valence-corrected chi connectivity index (χ3v) is 3.30. The van der Waals surface area contributed by atoms with Crippen molar-refractivity contribution in [1.82, 2.24) is 5.32 Å². The molecule has 0 aliphatic rings. The molecule has 0 aliphatic carbocycles. The smallest absolute Gasteiger partial charge is 0.269 e. The maximum absolute atomic E-state index is 12.0. The summed E-state index contributed by atoms with van der Waals surface area (Å²) in [5.41, 5.74) is 1.96. The van der Waals surface area contributed by atoms with Crippen molar-refractivity contribution in [1.29, 1.82) is 0 Å². The molecule has 0 saturated heterocycles. The third kappa shape index (κ3) is 4.70. The largest absolute Gasteiger partial charge is 0.353 e. The lowest BCUT2D eigenvalue weighted by Gasteiger charge is -2.14. The van der Waals surface area contributed by atoms with E-state index in [1.165, 1.54) is 17.7 Å². The number of nitrogens with one attached hydrogen (secondary N) is 1. The Balaban J connectivity index is 1.85. The fourth-order valence-corrected chi connectivity index (χ4v) is 2.27. The summed E-state index contributed by atoms with van der Waals surface area (Å²) in [5, 5.41) is 13.5. The number of hydrogen-bond donors (Lipinski definition) is 1. The average Bonchev–Trinajstić information content (AvgIpc) is 2.48. The topological polar surface area (TPSA) is 72.2 Å². The molecule has 5 nitrogen and oxygen atoms in total. The van der Waals surface area contributed by atoms with Gasteiger partial charge in [-0.3, -0.25) is 14.9 Å². The first kappa shape index (κ1) is 15.7. The van der Waals surface area contributed by atoms with Crippen LogP contribution in [-0.2, 0) is 17.6 Å². The van der Waals surface area contributed by atoms with Gasteiger partial charge in [0.1, 0.15) is 0 Å². The molecular weight excluding hydrogens is 280 g/mol. The van der Waals surface area contributed by atoms with Crippen LogP contribution in [0.5, 0.6) is 0 Å².